The Bertz CT molecular complexity index is 670. The minimum Gasteiger partial charge on any atom is -0.484 e. The van der Waals surface area contributed by atoms with E-state index in [0.29, 0.717) is 5.75 Å². The van der Waals surface area contributed by atoms with Crippen LogP contribution in [0.25, 0.3) is 10.8 Å². The molecule has 0 aliphatic carbocycles. The quantitative estimate of drug-likeness (QED) is 0.774. The first-order valence-corrected chi connectivity index (χ1v) is 6.73. The predicted octanol–water partition coefficient (Wildman–Crippen LogP) is 0.869. The van der Waals surface area contributed by atoms with E-state index < -0.39 is 24.5 Å². The average Bonchev–Trinajstić information content (AvgIpc) is 2.56. The number of aliphatic hydroxyl groups is 1. The second-order valence-electron chi connectivity index (χ2n) is 4.62. The van der Waals surface area contributed by atoms with Gasteiger partial charge in [-0.15, -0.1) is 0 Å². The van der Waals surface area contributed by atoms with Gasteiger partial charge < -0.3 is 19.9 Å². The van der Waals surface area contributed by atoms with Crippen LogP contribution < -0.4 is 10.1 Å². The van der Waals surface area contributed by atoms with Crippen molar-refractivity contribution >= 4 is 22.6 Å². The zero-order chi connectivity index (χ0) is 15.9. The van der Waals surface area contributed by atoms with Crippen molar-refractivity contribution in [1.82, 2.24) is 5.32 Å². The summed E-state index contributed by atoms with van der Waals surface area (Å²) in [4.78, 5) is 23.0. The molecule has 2 aromatic rings. The topological polar surface area (TPSA) is 84.9 Å². The second-order valence-corrected chi connectivity index (χ2v) is 4.62. The lowest BCUT2D eigenvalue weighted by molar-refractivity contribution is -0.146. The zero-order valence-corrected chi connectivity index (χ0v) is 12.1. The normalized spacial score (nSPS) is 11.7. The van der Waals surface area contributed by atoms with Gasteiger partial charge in [0.25, 0.3) is 5.91 Å². The SMILES string of the molecule is COC(=O)[C@H](CO)NC(=O)COc1ccc2ccccc2c1. The Morgan fingerprint density at radius 3 is 2.59 bits per heavy atom. The summed E-state index contributed by atoms with van der Waals surface area (Å²) in [5, 5.41) is 13.4. The molecule has 0 aliphatic heterocycles. The first-order valence-electron chi connectivity index (χ1n) is 6.73. The molecule has 2 rings (SSSR count). The summed E-state index contributed by atoms with van der Waals surface area (Å²) in [6.45, 7) is -0.791. The number of amides is 1. The Labute approximate surface area is 127 Å². The van der Waals surface area contributed by atoms with Gasteiger partial charge in [-0.25, -0.2) is 4.79 Å². The first kappa shape index (κ1) is 15.8. The third-order valence-electron chi connectivity index (χ3n) is 3.09. The fraction of sp³-hybridized carbons (Fsp3) is 0.250. The molecule has 116 valence electrons. The standard InChI is InChI=1S/C16H17NO5/c1-21-16(20)14(9-18)17-15(19)10-22-13-7-6-11-4-2-3-5-12(11)8-13/h2-8,14,18H,9-10H2,1H3,(H,17,19)/t14-/m0/s1. The number of methoxy groups -OCH3 is 1. The molecular weight excluding hydrogens is 286 g/mol. The van der Waals surface area contributed by atoms with Gasteiger partial charge in [-0.2, -0.15) is 0 Å². The highest BCUT2D eigenvalue weighted by atomic mass is 16.5. The molecule has 0 bridgehead atoms. The van der Waals surface area contributed by atoms with Gasteiger partial charge in [0, 0.05) is 0 Å². The molecule has 0 aliphatic rings. The van der Waals surface area contributed by atoms with Gasteiger partial charge in [-0.1, -0.05) is 30.3 Å². The molecule has 1 amide bonds. The van der Waals surface area contributed by atoms with Gasteiger partial charge in [0.05, 0.1) is 13.7 Å². The Morgan fingerprint density at radius 2 is 1.91 bits per heavy atom. The van der Waals surface area contributed by atoms with Crippen molar-refractivity contribution in [2.45, 2.75) is 6.04 Å². The van der Waals surface area contributed by atoms with Gasteiger partial charge in [-0.3, -0.25) is 4.79 Å². The van der Waals surface area contributed by atoms with Crippen LogP contribution in [0.1, 0.15) is 0 Å². The van der Waals surface area contributed by atoms with E-state index in [1.807, 2.05) is 36.4 Å². The van der Waals surface area contributed by atoms with E-state index in [9.17, 15) is 9.59 Å². The summed E-state index contributed by atoms with van der Waals surface area (Å²) in [6.07, 6.45) is 0. The molecule has 0 unspecified atom stereocenters. The van der Waals surface area contributed by atoms with Crippen LogP contribution in [0.5, 0.6) is 5.75 Å². The van der Waals surface area contributed by atoms with E-state index in [0.717, 1.165) is 10.8 Å². The van der Waals surface area contributed by atoms with E-state index in [4.69, 9.17) is 9.84 Å². The van der Waals surface area contributed by atoms with Crippen molar-refractivity contribution < 1.29 is 24.2 Å². The first-order chi connectivity index (χ1) is 10.6. The third-order valence-corrected chi connectivity index (χ3v) is 3.09. The molecule has 2 aromatic carbocycles. The number of carbonyl (C=O) groups is 2. The molecule has 0 radical (unpaired) electrons. The molecule has 0 spiro atoms. The summed E-state index contributed by atoms with van der Waals surface area (Å²) in [5.74, 6) is -0.674. The summed E-state index contributed by atoms with van der Waals surface area (Å²) < 4.78 is 9.85. The minimum atomic E-state index is -1.09. The highest BCUT2D eigenvalue weighted by molar-refractivity contribution is 5.86. The lowest BCUT2D eigenvalue weighted by atomic mass is 10.1. The Morgan fingerprint density at radius 1 is 1.18 bits per heavy atom. The molecule has 0 saturated carbocycles. The maximum Gasteiger partial charge on any atom is 0.330 e. The third kappa shape index (κ3) is 3.95. The summed E-state index contributed by atoms with van der Waals surface area (Å²) >= 11 is 0. The molecule has 0 heterocycles. The fourth-order valence-corrected chi connectivity index (χ4v) is 1.96. The van der Waals surface area contributed by atoms with Crippen LogP contribution in [-0.2, 0) is 14.3 Å². The van der Waals surface area contributed by atoms with Crippen LogP contribution >= 0.6 is 0 Å². The number of fused-ring (bicyclic) bond motifs is 1. The predicted molar refractivity (Wildman–Crippen MR) is 80.5 cm³/mol. The smallest absolute Gasteiger partial charge is 0.330 e. The minimum absolute atomic E-state index is 0.258. The lowest BCUT2D eigenvalue weighted by Crippen LogP contribution is -2.45. The number of rotatable bonds is 6. The van der Waals surface area contributed by atoms with Crippen LogP contribution in [-0.4, -0.2) is 43.3 Å². The highest BCUT2D eigenvalue weighted by Crippen LogP contribution is 2.20. The highest BCUT2D eigenvalue weighted by Gasteiger charge is 2.20. The molecule has 6 heteroatoms. The monoisotopic (exact) mass is 303 g/mol. The maximum atomic E-state index is 11.7. The van der Waals surface area contributed by atoms with Crippen LogP contribution in [0.4, 0.5) is 0 Å². The van der Waals surface area contributed by atoms with Crippen LogP contribution in [0.3, 0.4) is 0 Å². The number of carbonyl (C=O) groups excluding carboxylic acids is 2. The largest absolute Gasteiger partial charge is 0.484 e. The molecule has 6 nitrogen and oxygen atoms in total. The van der Waals surface area contributed by atoms with Crippen molar-refractivity contribution in [1.29, 1.82) is 0 Å². The van der Waals surface area contributed by atoms with E-state index in [-0.39, 0.29) is 6.61 Å². The maximum absolute atomic E-state index is 11.7. The van der Waals surface area contributed by atoms with Crippen molar-refractivity contribution in [2.24, 2.45) is 0 Å². The zero-order valence-electron chi connectivity index (χ0n) is 12.1. The van der Waals surface area contributed by atoms with Crippen LogP contribution in [0, 0.1) is 0 Å². The van der Waals surface area contributed by atoms with Crippen LogP contribution in [0.2, 0.25) is 0 Å². The van der Waals surface area contributed by atoms with E-state index in [1.165, 1.54) is 7.11 Å². The van der Waals surface area contributed by atoms with Crippen molar-refractivity contribution in [3.8, 4) is 5.75 Å². The Balaban J connectivity index is 1.93. The van der Waals surface area contributed by atoms with Crippen molar-refractivity contribution in [3.05, 3.63) is 42.5 Å². The summed E-state index contributed by atoms with van der Waals surface area (Å²) in [7, 11) is 1.18. The van der Waals surface area contributed by atoms with Crippen molar-refractivity contribution in [2.75, 3.05) is 20.3 Å². The summed E-state index contributed by atoms with van der Waals surface area (Å²) in [6, 6.07) is 12.2. The number of esters is 1. The van der Waals surface area contributed by atoms with Gasteiger partial charge in [0.15, 0.2) is 12.6 Å². The number of ether oxygens (including phenoxy) is 2. The molecular formula is C16H17NO5. The number of benzene rings is 2. The van der Waals surface area contributed by atoms with Crippen molar-refractivity contribution in [3.63, 3.8) is 0 Å². The van der Waals surface area contributed by atoms with E-state index in [2.05, 4.69) is 10.1 Å². The molecule has 0 saturated heterocycles. The van der Waals surface area contributed by atoms with E-state index in [1.54, 1.807) is 6.07 Å². The Kier molecular flexibility index (Phi) is 5.32. The molecule has 22 heavy (non-hydrogen) atoms. The van der Waals surface area contributed by atoms with Gasteiger partial charge in [-0.05, 0) is 22.9 Å². The lowest BCUT2D eigenvalue weighted by Gasteiger charge is -2.14. The Hall–Kier alpha value is -2.60. The second kappa shape index (κ2) is 7.42. The number of hydrogen-bond donors (Lipinski definition) is 2. The molecule has 2 N–H and O–H groups in total. The number of hydrogen-bond acceptors (Lipinski definition) is 5. The van der Waals surface area contributed by atoms with Gasteiger partial charge in [0.2, 0.25) is 0 Å². The van der Waals surface area contributed by atoms with Gasteiger partial charge >= 0.3 is 5.97 Å². The fourth-order valence-electron chi connectivity index (χ4n) is 1.96. The number of aliphatic hydroxyl groups excluding tert-OH is 1. The van der Waals surface area contributed by atoms with E-state index >= 15 is 0 Å². The summed E-state index contributed by atoms with van der Waals surface area (Å²) in [5.41, 5.74) is 0. The van der Waals surface area contributed by atoms with Crippen LogP contribution in [0.15, 0.2) is 42.5 Å². The molecule has 0 fully saturated rings. The molecule has 1 atom stereocenters. The number of nitrogens with one attached hydrogen (secondary N) is 1. The van der Waals surface area contributed by atoms with Gasteiger partial charge in [0.1, 0.15) is 5.75 Å². The molecule has 0 aromatic heterocycles. The average molecular weight is 303 g/mol.